The third kappa shape index (κ3) is 9.80. The Morgan fingerprint density at radius 2 is 1.83 bits per heavy atom. The number of hydrogen-bond donors (Lipinski definition) is 2. The lowest BCUT2D eigenvalue weighted by Crippen LogP contribution is -2.23. The van der Waals surface area contributed by atoms with Gasteiger partial charge in [-0.05, 0) is 6.92 Å². The van der Waals surface area contributed by atoms with E-state index in [1.54, 1.807) is 0 Å². The fourth-order valence-corrected chi connectivity index (χ4v) is 0.553. The first-order chi connectivity index (χ1) is 5.77. The summed E-state index contributed by atoms with van der Waals surface area (Å²) in [6.07, 6.45) is 0. The number of ether oxygens (including phenoxy) is 3. The van der Waals surface area contributed by atoms with Gasteiger partial charge in [-0.3, -0.25) is 0 Å². The molecule has 0 rings (SSSR count). The van der Waals surface area contributed by atoms with Gasteiger partial charge in [-0.2, -0.15) is 0 Å². The van der Waals surface area contributed by atoms with E-state index in [1.807, 2.05) is 6.92 Å². The fourth-order valence-electron chi connectivity index (χ4n) is 0.553. The van der Waals surface area contributed by atoms with Crippen LogP contribution in [0.15, 0.2) is 0 Å². The van der Waals surface area contributed by atoms with Crippen molar-refractivity contribution < 1.29 is 14.2 Å². The topological polar surface area (TPSA) is 79.7 Å². The van der Waals surface area contributed by atoms with E-state index in [0.717, 1.165) is 0 Å². The van der Waals surface area contributed by atoms with Gasteiger partial charge >= 0.3 is 0 Å². The second kappa shape index (κ2) is 8.89. The highest BCUT2D eigenvalue weighted by atomic mass is 16.7. The highest BCUT2D eigenvalue weighted by molar-refractivity contribution is 4.46. The molecule has 12 heavy (non-hydrogen) atoms. The molecule has 0 aromatic carbocycles. The Morgan fingerprint density at radius 1 is 1.17 bits per heavy atom. The van der Waals surface area contributed by atoms with Crippen molar-refractivity contribution in [1.29, 1.82) is 0 Å². The average molecular weight is 178 g/mol. The van der Waals surface area contributed by atoms with E-state index in [2.05, 4.69) is 0 Å². The average Bonchev–Trinajstić information content (AvgIpc) is 2.02. The minimum atomic E-state index is 0.0499. The standard InChI is InChI=1S/C7H18N2O3/c1-7(9)4-12-6-11-3-2-10-5-8/h7H,2-6,8-9H2,1H3. The van der Waals surface area contributed by atoms with E-state index < -0.39 is 0 Å². The molecule has 0 aliphatic rings. The van der Waals surface area contributed by atoms with Crippen molar-refractivity contribution in [1.82, 2.24) is 0 Å². The van der Waals surface area contributed by atoms with Crippen LogP contribution in [-0.2, 0) is 14.2 Å². The van der Waals surface area contributed by atoms with Crippen molar-refractivity contribution in [2.24, 2.45) is 11.5 Å². The number of rotatable bonds is 8. The van der Waals surface area contributed by atoms with Gasteiger partial charge in [0.15, 0.2) is 0 Å². The van der Waals surface area contributed by atoms with Crippen LogP contribution in [0, 0.1) is 0 Å². The number of nitrogens with two attached hydrogens (primary N) is 2. The molecule has 0 spiro atoms. The van der Waals surface area contributed by atoms with Crippen molar-refractivity contribution in [3.8, 4) is 0 Å². The molecule has 0 aliphatic heterocycles. The van der Waals surface area contributed by atoms with Crippen LogP contribution in [-0.4, -0.2) is 39.4 Å². The van der Waals surface area contributed by atoms with Crippen LogP contribution in [0.3, 0.4) is 0 Å². The molecule has 0 amide bonds. The normalized spacial score (nSPS) is 13.2. The van der Waals surface area contributed by atoms with Crippen molar-refractivity contribution >= 4 is 0 Å². The Balaban J connectivity index is 2.82. The first-order valence-corrected chi connectivity index (χ1v) is 3.96. The predicted octanol–water partition coefficient (Wildman–Crippen LogP) is -0.743. The number of hydrogen-bond acceptors (Lipinski definition) is 5. The fraction of sp³-hybridized carbons (Fsp3) is 1.00. The van der Waals surface area contributed by atoms with E-state index in [-0.39, 0.29) is 19.6 Å². The summed E-state index contributed by atoms with van der Waals surface area (Å²) in [5.74, 6) is 0. The summed E-state index contributed by atoms with van der Waals surface area (Å²) in [4.78, 5) is 0. The molecule has 0 radical (unpaired) electrons. The van der Waals surface area contributed by atoms with Gasteiger partial charge in [0.25, 0.3) is 0 Å². The first-order valence-electron chi connectivity index (χ1n) is 3.96. The molecule has 4 N–H and O–H groups in total. The summed E-state index contributed by atoms with van der Waals surface area (Å²) in [7, 11) is 0. The van der Waals surface area contributed by atoms with Crippen LogP contribution in [0.1, 0.15) is 6.92 Å². The molecule has 74 valence electrons. The highest BCUT2D eigenvalue weighted by Crippen LogP contribution is 1.82. The van der Waals surface area contributed by atoms with Crippen LogP contribution >= 0.6 is 0 Å². The van der Waals surface area contributed by atoms with Gasteiger partial charge in [-0.1, -0.05) is 0 Å². The smallest absolute Gasteiger partial charge is 0.146 e. The van der Waals surface area contributed by atoms with Crippen LogP contribution in [0.25, 0.3) is 0 Å². The summed E-state index contributed by atoms with van der Waals surface area (Å²) < 4.78 is 14.9. The summed E-state index contributed by atoms with van der Waals surface area (Å²) in [6.45, 7) is 3.86. The SMILES string of the molecule is CC(N)COCOCCOCN. The molecule has 1 atom stereocenters. The summed E-state index contributed by atoms with van der Waals surface area (Å²) in [5, 5.41) is 0. The Bertz CT molecular complexity index is 90.7. The molecular weight excluding hydrogens is 160 g/mol. The molecule has 5 nitrogen and oxygen atoms in total. The Morgan fingerprint density at radius 3 is 2.42 bits per heavy atom. The van der Waals surface area contributed by atoms with Crippen molar-refractivity contribution in [2.75, 3.05) is 33.3 Å². The molecule has 0 bridgehead atoms. The Kier molecular flexibility index (Phi) is 8.74. The molecule has 0 heterocycles. The highest BCUT2D eigenvalue weighted by Gasteiger charge is 1.93. The maximum Gasteiger partial charge on any atom is 0.146 e. The van der Waals surface area contributed by atoms with Gasteiger partial charge in [0.05, 0.1) is 26.6 Å². The zero-order chi connectivity index (χ0) is 9.23. The lowest BCUT2D eigenvalue weighted by molar-refractivity contribution is -0.0711. The molecular formula is C7H18N2O3. The Hall–Kier alpha value is -0.200. The van der Waals surface area contributed by atoms with Gasteiger partial charge in [0, 0.05) is 6.04 Å². The molecule has 5 heteroatoms. The Labute approximate surface area is 72.9 Å². The summed E-state index contributed by atoms with van der Waals surface area (Å²) in [6, 6.07) is 0.0499. The summed E-state index contributed by atoms with van der Waals surface area (Å²) >= 11 is 0. The molecule has 0 saturated heterocycles. The van der Waals surface area contributed by atoms with Gasteiger partial charge in [-0.25, -0.2) is 0 Å². The van der Waals surface area contributed by atoms with Crippen LogP contribution in [0.4, 0.5) is 0 Å². The second-order valence-electron chi connectivity index (χ2n) is 2.45. The maximum atomic E-state index is 5.43. The minimum absolute atomic E-state index is 0.0499. The van der Waals surface area contributed by atoms with E-state index in [1.165, 1.54) is 0 Å². The van der Waals surface area contributed by atoms with Crippen molar-refractivity contribution in [3.05, 3.63) is 0 Å². The largest absolute Gasteiger partial charge is 0.364 e. The molecule has 0 aromatic rings. The van der Waals surface area contributed by atoms with Crippen LogP contribution in [0.5, 0.6) is 0 Å². The lowest BCUT2D eigenvalue weighted by Gasteiger charge is -2.07. The molecule has 0 fully saturated rings. The molecule has 1 unspecified atom stereocenters. The third-order valence-electron chi connectivity index (χ3n) is 1.04. The van der Waals surface area contributed by atoms with E-state index in [4.69, 9.17) is 25.7 Å². The van der Waals surface area contributed by atoms with E-state index >= 15 is 0 Å². The van der Waals surface area contributed by atoms with Crippen molar-refractivity contribution in [2.45, 2.75) is 13.0 Å². The van der Waals surface area contributed by atoms with Crippen LogP contribution < -0.4 is 11.5 Å². The van der Waals surface area contributed by atoms with Gasteiger partial charge in [-0.15, -0.1) is 0 Å². The quantitative estimate of drug-likeness (QED) is 0.378. The van der Waals surface area contributed by atoms with E-state index in [9.17, 15) is 0 Å². The maximum absolute atomic E-state index is 5.43. The van der Waals surface area contributed by atoms with Gasteiger partial charge < -0.3 is 25.7 Å². The molecule has 0 aliphatic carbocycles. The lowest BCUT2D eigenvalue weighted by atomic mass is 10.4. The molecule has 0 saturated carbocycles. The van der Waals surface area contributed by atoms with Gasteiger partial charge in [0.2, 0.25) is 0 Å². The first kappa shape index (κ1) is 11.8. The van der Waals surface area contributed by atoms with Crippen molar-refractivity contribution in [3.63, 3.8) is 0 Å². The zero-order valence-electron chi connectivity index (χ0n) is 7.49. The second-order valence-corrected chi connectivity index (χ2v) is 2.45. The third-order valence-corrected chi connectivity index (χ3v) is 1.04. The molecule has 0 aromatic heterocycles. The van der Waals surface area contributed by atoms with Gasteiger partial charge in [0.1, 0.15) is 6.79 Å². The van der Waals surface area contributed by atoms with E-state index in [0.29, 0.717) is 19.8 Å². The predicted molar refractivity (Wildman–Crippen MR) is 45.4 cm³/mol. The monoisotopic (exact) mass is 178 g/mol. The van der Waals surface area contributed by atoms with Crippen LogP contribution in [0.2, 0.25) is 0 Å². The summed E-state index contributed by atoms with van der Waals surface area (Å²) in [5.41, 5.74) is 10.5. The zero-order valence-corrected chi connectivity index (χ0v) is 7.49. The minimum Gasteiger partial charge on any atom is -0.364 e.